The van der Waals surface area contributed by atoms with E-state index in [1.807, 2.05) is 6.92 Å². The van der Waals surface area contributed by atoms with Gasteiger partial charge in [-0.25, -0.2) is 14.2 Å². The molecule has 3 aromatic rings. The van der Waals surface area contributed by atoms with Gasteiger partial charge in [0, 0.05) is 44.1 Å². The second-order valence-corrected chi connectivity index (χ2v) is 11.8. The fourth-order valence-corrected chi connectivity index (χ4v) is 5.38. The lowest BCUT2D eigenvalue weighted by molar-refractivity contribution is 0.0371. The van der Waals surface area contributed by atoms with E-state index in [1.54, 1.807) is 21.0 Å². The number of anilines is 2. The van der Waals surface area contributed by atoms with Gasteiger partial charge in [0.2, 0.25) is 0 Å². The van der Waals surface area contributed by atoms with Crippen LogP contribution in [0.2, 0.25) is 0 Å². The Morgan fingerprint density at radius 1 is 1.24 bits per heavy atom. The van der Waals surface area contributed by atoms with Gasteiger partial charge in [-0.2, -0.15) is 8.42 Å². The molecule has 0 saturated heterocycles. The van der Waals surface area contributed by atoms with E-state index in [9.17, 15) is 27.5 Å². The number of nitrogens with one attached hydrogen (secondary N) is 2. The second kappa shape index (κ2) is 12.1. The molecule has 41 heavy (non-hydrogen) atoms. The molecule has 14 heteroatoms. The number of carbonyl (C=O) groups is 2. The molecule has 4 rings (SSSR count). The van der Waals surface area contributed by atoms with Crippen molar-refractivity contribution in [3.8, 4) is 5.75 Å². The predicted molar refractivity (Wildman–Crippen MR) is 150 cm³/mol. The van der Waals surface area contributed by atoms with Crippen molar-refractivity contribution in [2.24, 2.45) is 13.0 Å². The molecule has 3 N–H and O–H groups in total. The van der Waals surface area contributed by atoms with Gasteiger partial charge in [-0.1, -0.05) is 6.92 Å². The predicted octanol–water partition coefficient (Wildman–Crippen LogP) is 2.74. The minimum atomic E-state index is -4.02. The van der Waals surface area contributed by atoms with E-state index in [2.05, 4.69) is 15.0 Å². The number of likely N-dealkylation sites (N-methyl/N-ethyl adjacent to an activating group) is 1. The first-order valence-electron chi connectivity index (χ1n) is 12.9. The van der Waals surface area contributed by atoms with Crippen LogP contribution in [0.25, 0.3) is 0 Å². The third-order valence-electron chi connectivity index (χ3n) is 6.77. The van der Waals surface area contributed by atoms with Crippen molar-refractivity contribution in [1.82, 2.24) is 19.4 Å². The molecule has 3 atom stereocenters. The van der Waals surface area contributed by atoms with Crippen LogP contribution in [-0.2, 0) is 17.1 Å². The third kappa shape index (κ3) is 6.95. The number of fused-ring (bicyclic) bond motifs is 1. The minimum Gasteiger partial charge on any atom is -0.487 e. The van der Waals surface area contributed by atoms with Gasteiger partial charge in [0.1, 0.15) is 17.7 Å². The fourth-order valence-electron chi connectivity index (χ4n) is 4.34. The zero-order chi connectivity index (χ0) is 29.9. The summed E-state index contributed by atoms with van der Waals surface area (Å²) in [5.41, 5.74) is 0.653. The van der Waals surface area contributed by atoms with E-state index in [0.717, 1.165) is 0 Å². The highest BCUT2D eigenvalue weighted by Crippen LogP contribution is 2.31. The average Bonchev–Trinajstić information content (AvgIpc) is 3.39. The molecule has 12 nitrogen and oxygen atoms in total. The number of benzene rings is 2. The maximum absolute atomic E-state index is 13.6. The largest absolute Gasteiger partial charge is 0.487 e. The monoisotopic (exact) mass is 588 g/mol. The summed E-state index contributed by atoms with van der Waals surface area (Å²) in [6.45, 7) is 3.64. The molecule has 0 unspecified atom stereocenters. The molecular weight excluding hydrogens is 555 g/mol. The zero-order valence-corrected chi connectivity index (χ0v) is 23.9. The molecule has 0 saturated carbocycles. The number of hydrogen-bond acceptors (Lipinski definition) is 7. The molecule has 0 fully saturated rings. The maximum Gasteiger partial charge on any atom is 0.321 e. The average molecular weight is 589 g/mol. The SMILES string of the molecule is C[C@H]1CN([C@@H](C)CO)C(=O)c2cc(NS(=O)(=O)c3cn(C)cn3)ccc2O[C@@H]1CN(C)C(=O)Nc1ccc(F)cc1. The van der Waals surface area contributed by atoms with E-state index in [-0.39, 0.29) is 47.6 Å². The standard InChI is InChI=1S/C27H33FN6O6S/c1-17-12-34(18(2)15-35)26(36)22-11-21(31-41(38,39)25-14-32(3)16-29-25)9-10-23(22)40-24(17)13-33(4)27(37)30-20-7-5-19(28)6-8-20/h5-11,14,16-18,24,31,35H,12-13,15H2,1-4H3,(H,30,37)/t17-,18-,24+/m0/s1. The van der Waals surface area contributed by atoms with E-state index in [0.29, 0.717) is 5.69 Å². The molecule has 0 spiro atoms. The summed E-state index contributed by atoms with van der Waals surface area (Å²) < 4.78 is 49.1. The quantitative estimate of drug-likeness (QED) is 0.367. The Hall–Kier alpha value is -4.17. The number of imidazole rings is 1. The molecule has 1 aliphatic rings. The second-order valence-electron chi connectivity index (χ2n) is 10.1. The first-order valence-corrected chi connectivity index (χ1v) is 14.4. The lowest BCUT2D eigenvalue weighted by Gasteiger charge is -2.38. The van der Waals surface area contributed by atoms with Crippen LogP contribution in [0.5, 0.6) is 5.75 Å². The summed E-state index contributed by atoms with van der Waals surface area (Å²) in [5.74, 6) is -0.914. The summed E-state index contributed by atoms with van der Waals surface area (Å²) in [6.07, 6.45) is 2.14. The number of urea groups is 1. The fraction of sp³-hybridized carbons (Fsp3) is 0.370. The van der Waals surface area contributed by atoms with Gasteiger partial charge in [-0.05, 0) is 49.4 Å². The number of aliphatic hydroxyl groups is 1. The van der Waals surface area contributed by atoms with Crippen LogP contribution >= 0.6 is 0 Å². The summed E-state index contributed by atoms with van der Waals surface area (Å²) in [6, 6.07) is 8.76. The molecule has 1 aromatic heterocycles. The Labute approximate surface area is 237 Å². The number of carbonyl (C=O) groups excluding carboxylic acids is 2. The number of amides is 3. The third-order valence-corrected chi connectivity index (χ3v) is 8.04. The van der Waals surface area contributed by atoms with Gasteiger partial charge >= 0.3 is 6.03 Å². The molecule has 2 heterocycles. The molecule has 3 amide bonds. The molecule has 0 bridgehead atoms. The van der Waals surface area contributed by atoms with Crippen molar-refractivity contribution >= 4 is 33.3 Å². The molecule has 0 aliphatic carbocycles. The number of halogens is 1. The van der Waals surface area contributed by atoms with Gasteiger partial charge in [0.15, 0.2) is 5.03 Å². The number of aryl methyl sites for hydroxylation is 1. The first-order chi connectivity index (χ1) is 19.4. The topological polar surface area (TPSA) is 146 Å². The highest BCUT2D eigenvalue weighted by Gasteiger charge is 2.34. The van der Waals surface area contributed by atoms with E-state index in [4.69, 9.17) is 4.74 Å². The summed E-state index contributed by atoms with van der Waals surface area (Å²) in [4.78, 5) is 33.3. The zero-order valence-electron chi connectivity index (χ0n) is 23.1. The van der Waals surface area contributed by atoms with Crippen LogP contribution in [0.1, 0.15) is 24.2 Å². The van der Waals surface area contributed by atoms with Gasteiger partial charge in [0.25, 0.3) is 15.9 Å². The van der Waals surface area contributed by atoms with Crippen molar-refractivity contribution in [1.29, 1.82) is 0 Å². The Kier molecular flexibility index (Phi) is 8.83. The van der Waals surface area contributed by atoms with E-state index < -0.39 is 39.9 Å². The Morgan fingerprint density at radius 3 is 2.56 bits per heavy atom. The highest BCUT2D eigenvalue weighted by molar-refractivity contribution is 7.92. The van der Waals surface area contributed by atoms with Crippen molar-refractivity contribution in [3.63, 3.8) is 0 Å². The van der Waals surface area contributed by atoms with Crippen LogP contribution < -0.4 is 14.8 Å². The van der Waals surface area contributed by atoms with Gasteiger partial charge in [-0.3, -0.25) is 9.52 Å². The van der Waals surface area contributed by atoms with Crippen LogP contribution in [0.3, 0.4) is 0 Å². The normalized spacial score (nSPS) is 18.0. The Balaban J connectivity index is 1.60. The van der Waals surface area contributed by atoms with Gasteiger partial charge < -0.3 is 29.5 Å². The van der Waals surface area contributed by atoms with Gasteiger partial charge in [0.05, 0.1) is 31.1 Å². The van der Waals surface area contributed by atoms with Crippen LogP contribution in [-0.4, -0.2) is 83.7 Å². The Morgan fingerprint density at radius 2 is 1.93 bits per heavy atom. The number of ether oxygens (including phenoxy) is 1. The van der Waals surface area contributed by atoms with E-state index >= 15 is 0 Å². The molecule has 1 aliphatic heterocycles. The number of sulfonamides is 1. The molecule has 2 aromatic carbocycles. The smallest absolute Gasteiger partial charge is 0.321 e. The molecule has 220 valence electrons. The minimum absolute atomic E-state index is 0.0989. The lowest BCUT2D eigenvalue weighted by Crippen LogP contribution is -2.50. The summed E-state index contributed by atoms with van der Waals surface area (Å²) in [7, 11) is -0.789. The molecular formula is C27H33FN6O6S. The maximum atomic E-state index is 13.6. The molecule has 0 radical (unpaired) electrons. The summed E-state index contributed by atoms with van der Waals surface area (Å²) >= 11 is 0. The van der Waals surface area contributed by atoms with Crippen molar-refractivity contribution < 1.29 is 32.2 Å². The van der Waals surface area contributed by atoms with Crippen molar-refractivity contribution in [3.05, 3.63) is 66.4 Å². The lowest BCUT2D eigenvalue weighted by atomic mass is 9.99. The number of aliphatic hydroxyl groups excluding tert-OH is 1. The summed E-state index contributed by atoms with van der Waals surface area (Å²) in [5, 5.41) is 12.4. The number of hydrogen-bond donors (Lipinski definition) is 3. The van der Waals surface area contributed by atoms with Crippen LogP contribution in [0, 0.1) is 11.7 Å². The number of rotatable bonds is 8. The Bertz CT molecular complexity index is 1510. The van der Waals surface area contributed by atoms with Crippen molar-refractivity contribution in [2.45, 2.75) is 31.0 Å². The van der Waals surface area contributed by atoms with Crippen LogP contribution in [0.4, 0.5) is 20.6 Å². The van der Waals surface area contributed by atoms with Crippen molar-refractivity contribution in [2.75, 3.05) is 36.8 Å². The highest BCUT2D eigenvalue weighted by atomic mass is 32.2. The first kappa shape index (κ1) is 29.8. The van der Waals surface area contributed by atoms with Crippen LogP contribution in [0.15, 0.2) is 60.0 Å². The van der Waals surface area contributed by atoms with Gasteiger partial charge in [-0.15, -0.1) is 0 Å². The number of nitrogens with zero attached hydrogens (tertiary/aromatic N) is 4. The van der Waals surface area contributed by atoms with E-state index in [1.165, 1.54) is 69.4 Å². The number of aromatic nitrogens is 2.